The van der Waals surface area contributed by atoms with Crippen LogP contribution < -0.4 is 0 Å². The smallest absolute Gasteiger partial charge is 0.306 e. The largest absolute Gasteiger partial charge is 0.481 e. The minimum absolute atomic E-state index is 0.0150. The van der Waals surface area contributed by atoms with Crippen molar-refractivity contribution in [2.75, 3.05) is 0 Å². The Bertz CT molecular complexity index is 859. The molecular weight excluding hydrogens is 408 g/mol. The summed E-state index contributed by atoms with van der Waals surface area (Å²) in [7, 11) is 0. The second-order valence-corrected chi connectivity index (χ2v) is 14.4. The molecule has 5 rings (SSSR count). The SMILES string of the molecule is CC1CC(C(=O)O)C2CC[C@]3(C)C(=CC[C@H]4[C@@]5(C)CCC(O)C(C)(C)[C@@H]5CC[C@]43C)[C@H]2C1C. The fraction of sp³-hybridized carbons (Fsp3) is 0.900. The van der Waals surface area contributed by atoms with Gasteiger partial charge < -0.3 is 10.2 Å². The van der Waals surface area contributed by atoms with Gasteiger partial charge in [-0.05, 0) is 109 Å². The summed E-state index contributed by atoms with van der Waals surface area (Å²) in [6.45, 7) is 17.1. The van der Waals surface area contributed by atoms with Gasteiger partial charge in [-0.2, -0.15) is 0 Å². The van der Waals surface area contributed by atoms with E-state index in [-0.39, 0.29) is 33.7 Å². The van der Waals surface area contributed by atoms with E-state index in [9.17, 15) is 15.0 Å². The number of carboxylic acids is 1. The first-order valence-corrected chi connectivity index (χ1v) is 13.9. The van der Waals surface area contributed by atoms with Crippen LogP contribution in [0.4, 0.5) is 0 Å². The molecule has 0 aromatic heterocycles. The summed E-state index contributed by atoms with van der Waals surface area (Å²) in [6, 6.07) is 0. The summed E-state index contributed by atoms with van der Waals surface area (Å²) >= 11 is 0. The maximum Gasteiger partial charge on any atom is 0.306 e. The molecule has 0 aromatic rings. The van der Waals surface area contributed by atoms with E-state index in [0.29, 0.717) is 35.5 Å². The Morgan fingerprint density at radius 2 is 1.67 bits per heavy atom. The molecule has 0 saturated heterocycles. The molecule has 11 atom stereocenters. The number of carboxylic acid groups (broad SMARTS) is 1. The first kappa shape index (κ1) is 23.9. The van der Waals surface area contributed by atoms with Gasteiger partial charge in [0.1, 0.15) is 0 Å². The maximum absolute atomic E-state index is 12.2. The predicted octanol–water partition coefficient (Wildman–Crippen LogP) is 6.95. The molecule has 2 N–H and O–H groups in total. The monoisotopic (exact) mass is 456 g/mol. The summed E-state index contributed by atoms with van der Waals surface area (Å²) in [5.41, 5.74) is 2.32. The number of aliphatic carboxylic acids is 1. The zero-order chi connectivity index (χ0) is 24.1. The van der Waals surface area contributed by atoms with Gasteiger partial charge in [0.2, 0.25) is 0 Å². The molecule has 3 nitrogen and oxygen atoms in total. The number of aliphatic hydroxyl groups excluding tert-OH is 1. The fourth-order valence-electron chi connectivity index (χ4n) is 10.9. The number of carbonyl (C=O) groups is 1. The Hall–Kier alpha value is -0.830. The summed E-state index contributed by atoms with van der Waals surface area (Å²) in [5, 5.41) is 21.0. The lowest BCUT2D eigenvalue weighted by molar-refractivity contribution is -0.202. The highest BCUT2D eigenvalue weighted by atomic mass is 16.4. The van der Waals surface area contributed by atoms with Gasteiger partial charge in [0.15, 0.2) is 0 Å². The van der Waals surface area contributed by atoms with Crippen molar-refractivity contribution in [1.82, 2.24) is 0 Å². The molecule has 186 valence electrons. The van der Waals surface area contributed by atoms with Crippen LogP contribution in [0.25, 0.3) is 0 Å². The van der Waals surface area contributed by atoms with E-state index in [2.05, 4.69) is 54.5 Å². The highest BCUT2D eigenvalue weighted by Crippen LogP contribution is 2.74. The molecule has 0 radical (unpaired) electrons. The van der Waals surface area contributed by atoms with Crippen LogP contribution in [0.2, 0.25) is 0 Å². The Balaban J connectivity index is 1.57. The normalized spacial score (nSPS) is 55.3. The highest BCUT2D eigenvalue weighted by Gasteiger charge is 2.67. The van der Waals surface area contributed by atoms with Crippen molar-refractivity contribution in [3.63, 3.8) is 0 Å². The number of hydrogen-bond acceptors (Lipinski definition) is 2. The minimum atomic E-state index is -0.566. The average molecular weight is 457 g/mol. The summed E-state index contributed by atoms with van der Waals surface area (Å²) in [4.78, 5) is 12.2. The van der Waals surface area contributed by atoms with Crippen molar-refractivity contribution in [1.29, 1.82) is 0 Å². The quantitative estimate of drug-likeness (QED) is 0.420. The summed E-state index contributed by atoms with van der Waals surface area (Å²) in [5.74, 6) is 2.25. The Labute approximate surface area is 201 Å². The summed E-state index contributed by atoms with van der Waals surface area (Å²) in [6.07, 6.45) is 11.2. The van der Waals surface area contributed by atoms with Crippen LogP contribution in [-0.4, -0.2) is 22.3 Å². The van der Waals surface area contributed by atoms with Crippen molar-refractivity contribution < 1.29 is 15.0 Å². The number of aliphatic hydroxyl groups is 1. The van der Waals surface area contributed by atoms with Crippen LogP contribution >= 0.6 is 0 Å². The number of hydrogen-bond donors (Lipinski definition) is 2. The van der Waals surface area contributed by atoms with Gasteiger partial charge in [-0.15, -0.1) is 0 Å². The Morgan fingerprint density at radius 1 is 0.970 bits per heavy atom. The molecule has 33 heavy (non-hydrogen) atoms. The van der Waals surface area contributed by atoms with Crippen molar-refractivity contribution in [3.8, 4) is 0 Å². The third-order valence-electron chi connectivity index (χ3n) is 13.2. The molecule has 0 bridgehead atoms. The molecular formula is C30H48O3. The molecule has 0 heterocycles. The fourth-order valence-corrected chi connectivity index (χ4v) is 10.9. The first-order valence-electron chi connectivity index (χ1n) is 13.9. The lowest BCUT2D eigenvalue weighted by atomic mass is 9.34. The number of fused-ring (bicyclic) bond motifs is 7. The molecule has 4 fully saturated rings. The maximum atomic E-state index is 12.2. The molecule has 0 aliphatic heterocycles. The average Bonchev–Trinajstić information content (AvgIpc) is 2.73. The van der Waals surface area contributed by atoms with Gasteiger partial charge in [0.25, 0.3) is 0 Å². The highest BCUT2D eigenvalue weighted by molar-refractivity contribution is 5.71. The van der Waals surface area contributed by atoms with E-state index in [1.54, 1.807) is 5.57 Å². The van der Waals surface area contributed by atoms with Crippen LogP contribution in [0.3, 0.4) is 0 Å². The van der Waals surface area contributed by atoms with Gasteiger partial charge in [-0.25, -0.2) is 0 Å². The van der Waals surface area contributed by atoms with Gasteiger partial charge in [0, 0.05) is 0 Å². The van der Waals surface area contributed by atoms with Crippen LogP contribution in [0, 0.1) is 63.1 Å². The van der Waals surface area contributed by atoms with E-state index in [1.807, 2.05) is 0 Å². The standard InChI is InChI=1S/C30H48O3/c1-17-16-20(26(32)33)19-10-14-29(6)21(25(19)18(17)2)8-9-23-28(5)13-12-24(31)27(3,4)22(28)11-15-30(23,29)7/h8,17-20,22-25,31H,9-16H2,1-7H3,(H,32,33)/t17?,18?,19?,20?,22-,23-,24?,25-,28-,29+,30+/m0/s1. The van der Waals surface area contributed by atoms with Gasteiger partial charge in [-0.1, -0.05) is 60.1 Å². The molecule has 0 spiro atoms. The third-order valence-corrected chi connectivity index (χ3v) is 13.2. The van der Waals surface area contributed by atoms with Crippen molar-refractivity contribution >= 4 is 5.97 Å². The van der Waals surface area contributed by atoms with E-state index < -0.39 is 5.97 Å². The van der Waals surface area contributed by atoms with Gasteiger partial charge in [-0.3, -0.25) is 4.79 Å². The van der Waals surface area contributed by atoms with Crippen LogP contribution in [0.1, 0.15) is 99.8 Å². The molecule has 0 amide bonds. The van der Waals surface area contributed by atoms with E-state index in [0.717, 1.165) is 38.5 Å². The second kappa shape index (κ2) is 7.34. The van der Waals surface area contributed by atoms with Crippen molar-refractivity contribution in [2.45, 2.75) is 106 Å². The lowest BCUT2D eigenvalue weighted by Gasteiger charge is -2.70. The van der Waals surface area contributed by atoms with Crippen LogP contribution in [0.5, 0.6) is 0 Å². The molecule has 5 aliphatic carbocycles. The number of rotatable bonds is 1. The Kier molecular flexibility index (Phi) is 5.31. The van der Waals surface area contributed by atoms with Crippen LogP contribution in [-0.2, 0) is 4.79 Å². The molecule has 5 unspecified atom stereocenters. The zero-order valence-electron chi connectivity index (χ0n) is 22.2. The molecule has 4 saturated carbocycles. The predicted molar refractivity (Wildman–Crippen MR) is 133 cm³/mol. The minimum Gasteiger partial charge on any atom is -0.481 e. The second-order valence-electron chi connectivity index (χ2n) is 14.4. The topological polar surface area (TPSA) is 57.5 Å². The van der Waals surface area contributed by atoms with Gasteiger partial charge in [0.05, 0.1) is 12.0 Å². The van der Waals surface area contributed by atoms with E-state index in [1.165, 1.54) is 12.8 Å². The van der Waals surface area contributed by atoms with Crippen LogP contribution in [0.15, 0.2) is 11.6 Å². The third kappa shape index (κ3) is 2.93. The number of allylic oxidation sites excluding steroid dienone is 2. The molecule has 0 aromatic carbocycles. The summed E-state index contributed by atoms with van der Waals surface area (Å²) < 4.78 is 0. The van der Waals surface area contributed by atoms with Gasteiger partial charge >= 0.3 is 5.97 Å². The molecule has 3 heteroatoms. The van der Waals surface area contributed by atoms with Crippen molar-refractivity contribution in [3.05, 3.63) is 11.6 Å². The van der Waals surface area contributed by atoms with E-state index >= 15 is 0 Å². The zero-order valence-corrected chi connectivity index (χ0v) is 22.2. The lowest BCUT2D eigenvalue weighted by Crippen LogP contribution is -2.64. The first-order chi connectivity index (χ1) is 15.3. The molecule has 5 aliphatic rings. The van der Waals surface area contributed by atoms with Crippen molar-refractivity contribution in [2.24, 2.45) is 63.1 Å². The Morgan fingerprint density at radius 3 is 2.33 bits per heavy atom. The van der Waals surface area contributed by atoms with E-state index in [4.69, 9.17) is 0 Å².